The summed E-state index contributed by atoms with van der Waals surface area (Å²) in [6.07, 6.45) is 0.848. The predicted octanol–water partition coefficient (Wildman–Crippen LogP) is -0.741. The van der Waals surface area contributed by atoms with Crippen molar-refractivity contribution in [2.24, 2.45) is 5.14 Å². The minimum atomic E-state index is -4.28. The van der Waals surface area contributed by atoms with Crippen LogP contribution >= 0.6 is 0 Å². The highest BCUT2D eigenvalue weighted by Crippen LogP contribution is 2.22. The Balaban J connectivity index is 3.16. The first-order valence-corrected chi connectivity index (χ1v) is 10.6. The second kappa shape index (κ2) is 5.87. The third kappa shape index (κ3) is 5.95. The molecule has 3 N–H and O–H groups in total. The van der Waals surface area contributed by atoms with Crippen molar-refractivity contribution in [3.63, 3.8) is 0 Å². The number of sulfonamides is 2. The van der Waals surface area contributed by atoms with Crippen molar-refractivity contribution in [1.82, 2.24) is 0 Å². The number of sulfone groups is 1. The lowest BCUT2D eigenvalue weighted by atomic mass is 10.3. The van der Waals surface area contributed by atoms with Gasteiger partial charge in [-0.15, -0.1) is 0 Å². The van der Waals surface area contributed by atoms with E-state index in [1.54, 1.807) is 0 Å². The molecule has 0 heterocycles. The molecule has 8 nitrogen and oxygen atoms in total. The molecule has 0 amide bonds. The summed E-state index contributed by atoms with van der Waals surface area (Å²) in [5, 5.41) is 4.89. The third-order valence-corrected chi connectivity index (χ3v) is 5.68. The molecular weight excluding hydrogens is 347 g/mol. The van der Waals surface area contributed by atoms with Crippen molar-refractivity contribution in [3.8, 4) is 0 Å². The van der Waals surface area contributed by atoms with Crippen LogP contribution in [0.2, 0.25) is 0 Å². The first-order chi connectivity index (χ1) is 9.30. The van der Waals surface area contributed by atoms with Gasteiger partial charge in [-0.1, -0.05) is 0 Å². The summed E-state index contributed by atoms with van der Waals surface area (Å²) in [6, 6.07) is 2.24. The summed E-state index contributed by atoms with van der Waals surface area (Å²) in [7, 11) is -12.0. The van der Waals surface area contributed by atoms with E-state index in [0.29, 0.717) is 6.07 Å². The molecule has 0 aliphatic rings. The van der Waals surface area contributed by atoms with Gasteiger partial charge in [0, 0.05) is 6.26 Å². The van der Waals surface area contributed by atoms with Crippen molar-refractivity contribution in [2.75, 3.05) is 22.5 Å². The summed E-state index contributed by atoms with van der Waals surface area (Å²) < 4.78 is 82.8. The molecule has 1 aromatic rings. The fourth-order valence-electron chi connectivity index (χ4n) is 1.31. The molecule has 0 atom stereocenters. The van der Waals surface area contributed by atoms with Crippen molar-refractivity contribution in [3.05, 3.63) is 24.0 Å². The Hall–Kier alpha value is -1.24. The van der Waals surface area contributed by atoms with E-state index >= 15 is 0 Å². The van der Waals surface area contributed by atoms with Crippen LogP contribution in [-0.2, 0) is 29.9 Å². The number of hydrogen-bond donors (Lipinski definition) is 2. The first-order valence-electron chi connectivity index (χ1n) is 5.31. The van der Waals surface area contributed by atoms with E-state index in [-0.39, 0.29) is 0 Å². The van der Waals surface area contributed by atoms with E-state index in [9.17, 15) is 29.6 Å². The number of nitrogens with one attached hydrogen (secondary N) is 1. The molecule has 0 aliphatic heterocycles. The molecule has 0 radical (unpaired) electrons. The summed E-state index contributed by atoms with van der Waals surface area (Å²) in [5.74, 6) is -2.35. The largest absolute Gasteiger partial charge is 0.282 e. The molecular formula is C9H13FN2O6S3. The van der Waals surface area contributed by atoms with Gasteiger partial charge in [0.1, 0.15) is 20.5 Å². The highest BCUT2D eigenvalue weighted by molar-refractivity contribution is 7.95. The first kappa shape index (κ1) is 17.8. The Morgan fingerprint density at radius 2 is 1.67 bits per heavy atom. The Labute approximate surface area is 122 Å². The van der Waals surface area contributed by atoms with Crippen LogP contribution < -0.4 is 9.86 Å². The van der Waals surface area contributed by atoms with Crippen LogP contribution in [0, 0.1) is 5.82 Å². The number of nitrogens with two attached hydrogens (primary N) is 1. The SMILES string of the molecule is CS(=O)(=O)CCS(=O)(=O)Nc1cc(F)ccc1S(N)(=O)=O. The quantitative estimate of drug-likeness (QED) is 0.684. The summed E-state index contributed by atoms with van der Waals surface area (Å²) >= 11 is 0. The zero-order valence-corrected chi connectivity index (χ0v) is 13.2. The molecule has 1 aromatic carbocycles. The van der Waals surface area contributed by atoms with Gasteiger partial charge in [0.15, 0.2) is 0 Å². The van der Waals surface area contributed by atoms with E-state index in [1.807, 2.05) is 4.72 Å². The molecule has 0 aromatic heterocycles. The molecule has 0 saturated carbocycles. The fraction of sp³-hybridized carbons (Fsp3) is 0.333. The summed E-state index contributed by atoms with van der Waals surface area (Å²) in [6.45, 7) is 0. The maximum atomic E-state index is 13.1. The summed E-state index contributed by atoms with van der Waals surface area (Å²) in [5.41, 5.74) is -0.578. The van der Waals surface area contributed by atoms with Crippen molar-refractivity contribution in [2.45, 2.75) is 4.90 Å². The second-order valence-electron chi connectivity index (χ2n) is 4.24. The Morgan fingerprint density at radius 3 is 2.14 bits per heavy atom. The number of primary sulfonamides is 1. The highest BCUT2D eigenvalue weighted by atomic mass is 32.2. The standard InChI is InChI=1S/C9H13FN2O6S3/c1-19(13,14)4-5-20(15,16)12-8-6-7(10)2-3-9(8)21(11,17)18/h2-3,6,12H,4-5H2,1H3,(H2,11,17,18). The molecule has 12 heteroatoms. The summed E-state index contributed by atoms with van der Waals surface area (Å²) in [4.78, 5) is -0.619. The lowest BCUT2D eigenvalue weighted by Gasteiger charge is -2.11. The van der Waals surface area contributed by atoms with E-state index in [0.717, 1.165) is 18.4 Å². The number of hydrogen-bond acceptors (Lipinski definition) is 6. The Kier molecular flexibility index (Phi) is 4.98. The van der Waals surface area contributed by atoms with Gasteiger partial charge in [-0.3, -0.25) is 4.72 Å². The van der Waals surface area contributed by atoms with Crippen molar-refractivity contribution >= 4 is 35.6 Å². The van der Waals surface area contributed by atoms with Gasteiger partial charge in [-0.2, -0.15) is 0 Å². The minimum absolute atomic E-state index is 0.578. The monoisotopic (exact) mass is 360 g/mol. The molecule has 0 fully saturated rings. The Bertz CT molecular complexity index is 845. The van der Waals surface area contributed by atoms with Crippen LogP contribution in [0.5, 0.6) is 0 Å². The lowest BCUT2D eigenvalue weighted by Crippen LogP contribution is -2.24. The van der Waals surface area contributed by atoms with Gasteiger partial charge in [-0.05, 0) is 18.2 Å². The van der Waals surface area contributed by atoms with Gasteiger partial charge < -0.3 is 0 Å². The molecule has 1 rings (SSSR count). The van der Waals surface area contributed by atoms with Crippen molar-refractivity contribution < 1.29 is 29.6 Å². The van der Waals surface area contributed by atoms with Crippen molar-refractivity contribution in [1.29, 1.82) is 0 Å². The van der Waals surface area contributed by atoms with Crippen LogP contribution in [0.25, 0.3) is 0 Å². The average Bonchev–Trinajstić information content (AvgIpc) is 2.23. The number of anilines is 1. The van der Waals surface area contributed by atoms with E-state index in [4.69, 9.17) is 5.14 Å². The lowest BCUT2D eigenvalue weighted by molar-refractivity contribution is 0.592. The smallest absolute Gasteiger partial charge is 0.240 e. The van der Waals surface area contributed by atoms with Crippen LogP contribution in [0.3, 0.4) is 0 Å². The molecule has 21 heavy (non-hydrogen) atoms. The second-order valence-corrected chi connectivity index (χ2v) is 9.87. The van der Waals surface area contributed by atoms with Crippen LogP contribution in [0.1, 0.15) is 0 Å². The zero-order valence-electron chi connectivity index (χ0n) is 10.8. The predicted molar refractivity (Wildman–Crippen MR) is 74.9 cm³/mol. The normalized spacial score (nSPS) is 13.1. The maximum Gasteiger partial charge on any atom is 0.240 e. The van der Waals surface area contributed by atoms with Crippen LogP contribution in [-0.4, -0.2) is 43.0 Å². The maximum absolute atomic E-state index is 13.1. The van der Waals surface area contributed by atoms with E-state index in [2.05, 4.69) is 0 Å². The molecule has 0 aliphatic carbocycles. The van der Waals surface area contributed by atoms with Gasteiger partial charge in [-0.25, -0.2) is 34.8 Å². The topological polar surface area (TPSA) is 140 Å². The van der Waals surface area contributed by atoms with Gasteiger partial charge >= 0.3 is 0 Å². The van der Waals surface area contributed by atoms with Crippen LogP contribution in [0.15, 0.2) is 23.1 Å². The van der Waals surface area contributed by atoms with E-state index < -0.39 is 57.8 Å². The molecule has 0 spiro atoms. The number of rotatable bonds is 6. The molecule has 0 bridgehead atoms. The molecule has 0 unspecified atom stereocenters. The average molecular weight is 360 g/mol. The zero-order chi connectivity index (χ0) is 16.5. The minimum Gasteiger partial charge on any atom is -0.282 e. The third-order valence-electron chi connectivity index (χ3n) is 2.24. The van der Waals surface area contributed by atoms with Gasteiger partial charge in [0.05, 0.1) is 17.2 Å². The highest BCUT2D eigenvalue weighted by Gasteiger charge is 2.20. The number of benzene rings is 1. The number of halogens is 1. The Morgan fingerprint density at radius 1 is 1.10 bits per heavy atom. The fourth-order valence-corrected chi connectivity index (χ4v) is 4.74. The van der Waals surface area contributed by atoms with Crippen LogP contribution in [0.4, 0.5) is 10.1 Å². The van der Waals surface area contributed by atoms with E-state index in [1.165, 1.54) is 0 Å². The van der Waals surface area contributed by atoms with Gasteiger partial charge in [0.2, 0.25) is 20.0 Å². The van der Waals surface area contributed by atoms with Gasteiger partial charge in [0.25, 0.3) is 0 Å². The molecule has 120 valence electrons. The molecule has 0 saturated heterocycles.